The molecule has 0 amide bonds. The van der Waals surface area contributed by atoms with Crippen LogP contribution in [0.3, 0.4) is 0 Å². The summed E-state index contributed by atoms with van der Waals surface area (Å²) in [6.07, 6.45) is 5.18. The van der Waals surface area contributed by atoms with Gasteiger partial charge in [-0.05, 0) is 31.8 Å². The van der Waals surface area contributed by atoms with Crippen LogP contribution in [0.25, 0.3) is 0 Å². The zero-order valence-corrected chi connectivity index (χ0v) is 14.3. The van der Waals surface area contributed by atoms with Crippen molar-refractivity contribution in [1.82, 2.24) is 15.5 Å². The molecule has 0 aromatic rings. The van der Waals surface area contributed by atoms with Crippen molar-refractivity contribution in [2.75, 3.05) is 46.9 Å². The van der Waals surface area contributed by atoms with Gasteiger partial charge in [0.15, 0.2) is 5.96 Å². The second-order valence-corrected chi connectivity index (χ2v) is 5.76. The minimum Gasteiger partial charge on any atom is -0.383 e. The Bertz CT molecular complexity index is 284. The Balaban J connectivity index is 2.50. The zero-order valence-electron chi connectivity index (χ0n) is 14.3. The van der Waals surface area contributed by atoms with Crippen molar-refractivity contribution in [2.24, 2.45) is 10.9 Å². The number of likely N-dealkylation sites (tertiary alicyclic amines) is 1. The smallest absolute Gasteiger partial charge is 0.191 e. The lowest BCUT2D eigenvalue weighted by molar-refractivity contribution is 0.166. The average Bonchev–Trinajstić information content (AvgIpc) is 3.03. The van der Waals surface area contributed by atoms with Crippen LogP contribution < -0.4 is 10.6 Å². The molecule has 1 fully saturated rings. The van der Waals surface area contributed by atoms with Gasteiger partial charge in [-0.1, -0.05) is 26.7 Å². The molecule has 2 N–H and O–H groups in total. The van der Waals surface area contributed by atoms with Crippen molar-refractivity contribution >= 4 is 5.96 Å². The minimum absolute atomic E-state index is 0.614. The Morgan fingerprint density at radius 3 is 2.38 bits per heavy atom. The molecular weight excluding hydrogens is 264 g/mol. The first-order valence-corrected chi connectivity index (χ1v) is 8.44. The van der Waals surface area contributed by atoms with E-state index in [4.69, 9.17) is 4.74 Å². The molecule has 0 aromatic carbocycles. The first-order valence-electron chi connectivity index (χ1n) is 8.44. The van der Waals surface area contributed by atoms with E-state index in [0.717, 1.165) is 25.0 Å². The third kappa shape index (κ3) is 6.22. The summed E-state index contributed by atoms with van der Waals surface area (Å²) in [6, 6.07) is 0.614. The molecule has 0 aliphatic carbocycles. The van der Waals surface area contributed by atoms with E-state index in [1.54, 1.807) is 7.11 Å². The number of rotatable bonds is 9. The summed E-state index contributed by atoms with van der Waals surface area (Å²) in [5.41, 5.74) is 0. The van der Waals surface area contributed by atoms with Crippen molar-refractivity contribution in [2.45, 2.75) is 45.6 Å². The van der Waals surface area contributed by atoms with Crippen molar-refractivity contribution in [3.05, 3.63) is 0 Å². The number of hydrogen-bond acceptors (Lipinski definition) is 3. The van der Waals surface area contributed by atoms with Crippen LogP contribution in [0.2, 0.25) is 0 Å². The van der Waals surface area contributed by atoms with Crippen molar-refractivity contribution in [3.8, 4) is 0 Å². The van der Waals surface area contributed by atoms with Crippen LogP contribution in [0.1, 0.15) is 39.5 Å². The Labute approximate surface area is 130 Å². The summed E-state index contributed by atoms with van der Waals surface area (Å²) in [4.78, 5) is 6.95. The average molecular weight is 298 g/mol. The third-order valence-corrected chi connectivity index (χ3v) is 4.50. The maximum atomic E-state index is 5.06. The molecule has 1 aliphatic rings. The Morgan fingerprint density at radius 1 is 1.19 bits per heavy atom. The molecule has 1 atom stereocenters. The van der Waals surface area contributed by atoms with E-state index < -0.39 is 0 Å². The summed E-state index contributed by atoms with van der Waals surface area (Å²) in [5.74, 6) is 1.63. The number of ether oxygens (including phenoxy) is 1. The minimum atomic E-state index is 0.614. The lowest BCUT2D eigenvalue weighted by Gasteiger charge is -2.34. The highest BCUT2D eigenvalue weighted by Crippen LogP contribution is 2.22. The number of hydrogen-bond donors (Lipinski definition) is 2. The third-order valence-electron chi connectivity index (χ3n) is 4.50. The van der Waals surface area contributed by atoms with E-state index in [1.807, 2.05) is 7.05 Å². The van der Waals surface area contributed by atoms with Gasteiger partial charge in [0.2, 0.25) is 0 Å². The largest absolute Gasteiger partial charge is 0.383 e. The highest BCUT2D eigenvalue weighted by molar-refractivity contribution is 5.79. The lowest BCUT2D eigenvalue weighted by Crippen LogP contribution is -2.49. The molecule has 1 rings (SSSR count). The second kappa shape index (κ2) is 10.9. The van der Waals surface area contributed by atoms with Crippen LogP contribution in [0.15, 0.2) is 4.99 Å². The van der Waals surface area contributed by atoms with Gasteiger partial charge in [-0.3, -0.25) is 9.89 Å². The lowest BCUT2D eigenvalue weighted by atomic mass is 9.93. The van der Waals surface area contributed by atoms with Crippen molar-refractivity contribution < 1.29 is 4.74 Å². The summed E-state index contributed by atoms with van der Waals surface area (Å²) >= 11 is 0. The standard InChI is InChI=1S/C16H34N4O/c1-5-14(6-2)15(20-10-7-8-11-20)13-19-16(17-3)18-9-12-21-4/h14-15H,5-13H2,1-4H3,(H2,17,18,19). The number of aliphatic imine (C=N–C) groups is 1. The monoisotopic (exact) mass is 298 g/mol. The highest BCUT2D eigenvalue weighted by atomic mass is 16.5. The van der Waals surface area contributed by atoms with Crippen LogP contribution in [0.4, 0.5) is 0 Å². The molecule has 5 nitrogen and oxygen atoms in total. The maximum Gasteiger partial charge on any atom is 0.191 e. The van der Waals surface area contributed by atoms with Gasteiger partial charge in [-0.25, -0.2) is 0 Å². The first-order chi connectivity index (χ1) is 10.3. The topological polar surface area (TPSA) is 48.9 Å². The van der Waals surface area contributed by atoms with Crippen LogP contribution in [0.5, 0.6) is 0 Å². The molecule has 1 saturated heterocycles. The van der Waals surface area contributed by atoms with Gasteiger partial charge in [-0.15, -0.1) is 0 Å². The molecule has 5 heteroatoms. The van der Waals surface area contributed by atoms with Gasteiger partial charge >= 0.3 is 0 Å². The van der Waals surface area contributed by atoms with Crippen LogP contribution in [-0.4, -0.2) is 63.8 Å². The molecule has 0 bridgehead atoms. The van der Waals surface area contributed by atoms with Gasteiger partial charge in [0.1, 0.15) is 0 Å². The van der Waals surface area contributed by atoms with E-state index in [-0.39, 0.29) is 0 Å². The summed E-state index contributed by atoms with van der Waals surface area (Å²) in [7, 11) is 3.54. The molecule has 0 radical (unpaired) electrons. The number of methoxy groups -OCH3 is 1. The Kier molecular flexibility index (Phi) is 9.42. The fourth-order valence-electron chi connectivity index (χ4n) is 3.19. The van der Waals surface area contributed by atoms with Crippen LogP contribution in [-0.2, 0) is 4.74 Å². The van der Waals surface area contributed by atoms with E-state index in [9.17, 15) is 0 Å². The fourth-order valence-corrected chi connectivity index (χ4v) is 3.19. The van der Waals surface area contributed by atoms with E-state index in [2.05, 4.69) is 34.4 Å². The van der Waals surface area contributed by atoms with Gasteiger partial charge < -0.3 is 15.4 Å². The first kappa shape index (κ1) is 18.2. The molecule has 1 unspecified atom stereocenters. The second-order valence-electron chi connectivity index (χ2n) is 5.76. The van der Waals surface area contributed by atoms with Gasteiger partial charge in [0.25, 0.3) is 0 Å². The van der Waals surface area contributed by atoms with E-state index in [0.29, 0.717) is 12.6 Å². The Morgan fingerprint density at radius 2 is 1.86 bits per heavy atom. The van der Waals surface area contributed by atoms with Gasteiger partial charge in [0, 0.05) is 33.3 Å². The maximum absolute atomic E-state index is 5.06. The van der Waals surface area contributed by atoms with Gasteiger partial charge in [-0.2, -0.15) is 0 Å². The predicted molar refractivity (Wildman–Crippen MR) is 89.9 cm³/mol. The highest BCUT2D eigenvalue weighted by Gasteiger charge is 2.27. The normalized spacial score (nSPS) is 18.2. The summed E-state index contributed by atoms with van der Waals surface area (Å²) < 4.78 is 5.06. The quantitative estimate of drug-likeness (QED) is 0.386. The van der Waals surface area contributed by atoms with Crippen molar-refractivity contribution in [1.29, 1.82) is 0 Å². The fraction of sp³-hybridized carbons (Fsp3) is 0.938. The molecule has 1 heterocycles. The Hall–Kier alpha value is -0.810. The molecule has 0 spiro atoms. The van der Waals surface area contributed by atoms with E-state index >= 15 is 0 Å². The summed E-state index contributed by atoms with van der Waals surface area (Å²) in [5, 5.41) is 6.78. The van der Waals surface area contributed by atoms with Crippen molar-refractivity contribution in [3.63, 3.8) is 0 Å². The van der Waals surface area contributed by atoms with Gasteiger partial charge in [0.05, 0.1) is 6.61 Å². The molecule has 0 saturated carbocycles. The zero-order chi connectivity index (χ0) is 15.5. The molecule has 21 heavy (non-hydrogen) atoms. The van der Waals surface area contributed by atoms with Crippen LogP contribution in [0, 0.1) is 5.92 Å². The summed E-state index contributed by atoms with van der Waals surface area (Å²) in [6.45, 7) is 9.57. The number of guanidine groups is 1. The van der Waals surface area contributed by atoms with Crippen LogP contribution >= 0.6 is 0 Å². The van der Waals surface area contributed by atoms with E-state index in [1.165, 1.54) is 38.8 Å². The molecule has 0 aromatic heterocycles. The predicted octanol–water partition coefficient (Wildman–Crippen LogP) is 1.70. The molecule has 124 valence electrons. The SMILES string of the molecule is CCC(CC)C(CNC(=NC)NCCOC)N1CCCC1. The molecular formula is C16H34N4O. The number of nitrogens with zero attached hydrogens (tertiary/aromatic N) is 2. The number of nitrogens with one attached hydrogen (secondary N) is 2. The molecule has 1 aliphatic heterocycles.